The fourth-order valence-corrected chi connectivity index (χ4v) is 2.87. The monoisotopic (exact) mass is 317 g/mol. The van der Waals surface area contributed by atoms with Crippen molar-refractivity contribution in [3.63, 3.8) is 0 Å². The molecule has 0 aliphatic carbocycles. The van der Waals surface area contributed by atoms with Crippen LogP contribution in [0.3, 0.4) is 0 Å². The van der Waals surface area contributed by atoms with Gasteiger partial charge in [-0.3, -0.25) is 0 Å². The highest BCUT2D eigenvalue weighted by atomic mass is 35.5. The number of hydrogen-bond donors (Lipinski definition) is 1. The van der Waals surface area contributed by atoms with E-state index in [1.165, 1.54) is 0 Å². The van der Waals surface area contributed by atoms with E-state index in [0.717, 1.165) is 31.4 Å². The highest BCUT2D eigenvalue weighted by Crippen LogP contribution is 2.34. The first-order valence-electron chi connectivity index (χ1n) is 7.08. The van der Waals surface area contributed by atoms with Crippen molar-refractivity contribution in [1.82, 2.24) is 0 Å². The van der Waals surface area contributed by atoms with Crippen LogP contribution < -0.4 is 10.5 Å². The molecule has 0 amide bonds. The Balaban J connectivity index is 2.19. The van der Waals surface area contributed by atoms with Crippen LogP contribution in [0.1, 0.15) is 31.7 Å². The minimum absolute atomic E-state index is 0.0547. The number of halogens is 2. The lowest BCUT2D eigenvalue weighted by Gasteiger charge is -2.25. The first-order chi connectivity index (χ1) is 9.60. The van der Waals surface area contributed by atoms with Gasteiger partial charge in [-0.1, -0.05) is 30.1 Å². The molecule has 2 N–H and O–H groups in total. The lowest BCUT2D eigenvalue weighted by Crippen LogP contribution is -2.29. The van der Waals surface area contributed by atoms with E-state index >= 15 is 0 Å². The van der Waals surface area contributed by atoms with Crippen molar-refractivity contribution in [2.45, 2.75) is 44.8 Å². The molecule has 2 atom stereocenters. The van der Waals surface area contributed by atoms with Gasteiger partial charge in [-0.05, 0) is 43.4 Å². The standard InChI is InChI=1S/C15H21Cl2NO2/c1-2-12(18)7-10-6-11(16)8-14(17)15(10)20-13-4-3-5-19-9-13/h6,8,12-13H,2-5,7,9,18H2,1H3. The third kappa shape index (κ3) is 4.26. The van der Waals surface area contributed by atoms with E-state index in [2.05, 4.69) is 6.92 Å². The van der Waals surface area contributed by atoms with E-state index < -0.39 is 0 Å². The first kappa shape index (κ1) is 15.9. The molecule has 1 fully saturated rings. The summed E-state index contributed by atoms with van der Waals surface area (Å²) in [6, 6.07) is 3.68. The van der Waals surface area contributed by atoms with Gasteiger partial charge in [0.2, 0.25) is 0 Å². The van der Waals surface area contributed by atoms with Crippen molar-refractivity contribution in [3.8, 4) is 5.75 Å². The molecule has 5 heteroatoms. The molecule has 1 saturated heterocycles. The number of rotatable bonds is 5. The van der Waals surface area contributed by atoms with Gasteiger partial charge in [0.05, 0.1) is 11.6 Å². The molecule has 1 aliphatic rings. The summed E-state index contributed by atoms with van der Waals surface area (Å²) < 4.78 is 11.5. The molecule has 112 valence electrons. The summed E-state index contributed by atoms with van der Waals surface area (Å²) in [4.78, 5) is 0. The third-order valence-electron chi connectivity index (χ3n) is 3.49. The summed E-state index contributed by atoms with van der Waals surface area (Å²) >= 11 is 12.4. The van der Waals surface area contributed by atoms with Crippen LogP contribution in [0.5, 0.6) is 5.75 Å². The zero-order valence-electron chi connectivity index (χ0n) is 11.7. The molecule has 3 nitrogen and oxygen atoms in total. The number of hydrogen-bond acceptors (Lipinski definition) is 3. The Kier molecular flexibility index (Phi) is 5.97. The number of nitrogens with two attached hydrogens (primary N) is 1. The van der Waals surface area contributed by atoms with Crippen LogP contribution in [-0.4, -0.2) is 25.4 Å². The molecular formula is C15H21Cl2NO2. The zero-order chi connectivity index (χ0) is 14.5. The smallest absolute Gasteiger partial charge is 0.141 e. The quantitative estimate of drug-likeness (QED) is 0.897. The van der Waals surface area contributed by atoms with Gasteiger partial charge in [0.25, 0.3) is 0 Å². The Hall–Kier alpha value is -0.480. The Morgan fingerprint density at radius 2 is 2.25 bits per heavy atom. The van der Waals surface area contributed by atoms with Crippen molar-refractivity contribution in [3.05, 3.63) is 27.7 Å². The van der Waals surface area contributed by atoms with E-state index in [1.807, 2.05) is 6.07 Å². The SMILES string of the molecule is CCC(N)Cc1cc(Cl)cc(Cl)c1OC1CCCOC1. The van der Waals surface area contributed by atoms with Crippen LogP contribution in [0.25, 0.3) is 0 Å². The van der Waals surface area contributed by atoms with Crippen LogP contribution in [0.4, 0.5) is 0 Å². The first-order valence-corrected chi connectivity index (χ1v) is 7.83. The molecule has 1 aromatic carbocycles. The van der Waals surface area contributed by atoms with Crippen LogP contribution >= 0.6 is 23.2 Å². The normalized spacial score (nSPS) is 20.7. The van der Waals surface area contributed by atoms with Crippen LogP contribution in [0.15, 0.2) is 12.1 Å². The highest BCUT2D eigenvalue weighted by molar-refractivity contribution is 6.35. The molecule has 20 heavy (non-hydrogen) atoms. The topological polar surface area (TPSA) is 44.5 Å². The second kappa shape index (κ2) is 7.51. The van der Waals surface area contributed by atoms with Gasteiger partial charge in [0, 0.05) is 17.7 Å². The molecule has 1 aliphatic heterocycles. The van der Waals surface area contributed by atoms with Crippen molar-refractivity contribution in [2.75, 3.05) is 13.2 Å². The van der Waals surface area contributed by atoms with E-state index in [-0.39, 0.29) is 12.1 Å². The lowest BCUT2D eigenvalue weighted by atomic mass is 10.0. The average molecular weight is 318 g/mol. The summed E-state index contributed by atoms with van der Waals surface area (Å²) in [5.74, 6) is 0.704. The van der Waals surface area contributed by atoms with Gasteiger partial charge in [-0.15, -0.1) is 0 Å². The predicted molar refractivity (Wildman–Crippen MR) is 82.9 cm³/mol. The third-order valence-corrected chi connectivity index (χ3v) is 3.99. The fourth-order valence-electron chi connectivity index (χ4n) is 2.29. The summed E-state index contributed by atoms with van der Waals surface area (Å²) in [5.41, 5.74) is 7.02. The largest absolute Gasteiger partial charge is 0.486 e. The van der Waals surface area contributed by atoms with E-state index in [0.29, 0.717) is 28.8 Å². The highest BCUT2D eigenvalue weighted by Gasteiger charge is 2.20. The van der Waals surface area contributed by atoms with Gasteiger partial charge < -0.3 is 15.2 Å². The Morgan fingerprint density at radius 3 is 2.90 bits per heavy atom. The molecule has 0 aromatic heterocycles. The molecule has 1 heterocycles. The number of ether oxygens (including phenoxy) is 2. The maximum atomic E-state index is 6.29. The van der Waals surface area contributed by atoms with Gasteiger partial charge in [0.15, 0.2) is 0 Å². The minimum Gasteiger partial charge on any atom is -0.486 e. The Bertz CT molecular complexity index is 448. The van der Waals surface area contributed by atoms with Gasteiger partial charge in [-0.2, -0.15) is 0 Å². The summed E-state index contributed by atoms with van der Waals surface area (Å²) in [7, 11) is 0. The summed E-state index contributed by atoms with van der Waals surface area (Å²) in [5, 5.41) is 1.15. The fraction of sp³-hybridized carbons (Fsp3) is 0.600. The van der Waals surface area contributed by atoms with Gasteiger partial charge in [-0.25, -0.2) is 0 Å². The van der Waals surface area contributed by atoms with Crippen molar-refractivity contribution < 1.29 is 9.47 Å². The van der Waals surface area contributed by atoms with E-state index in [1.54, 1.807) is 6.07 Å². The average Bonchev–Trinajstić information content (AvgIpc) is 2.43. The molecular weight excluding hydrogens is 297 g/mol. The van der Waals surface area contributed by atoms with Crippen LogP contribution in [-0.2, 0) is 11.2 Å². The van der Waals surface area contributed by atoms with Crippen molar-refractivity contribution in [1.29, 1.82) is 0 Å². The second-order valence-electron chi connectivity index (χ2n) is 5.21. The molecule has 0 saturated carbocycles. The molecule has 2 rings (SSSR count). The molecule has 0 spiro atoms. The number of benzene rings is 1. The zero-order valence-corrected chi connectivity index (χ0v) is 13.2. The minimum atomic E-state index is 0.0547. The van der Waals surface area contributed by atoms with Gasteiger partial charge >= 0.3 is 0 Å². The second-order valence-corrected chi connectivity index (χ2v) is 6.05. The maximum Gasteiger partial charge on any atom is 0.141 e. The molecule has 2 unspecified atom stereocenters. The molecule has 0 bridgehead atoms. The summed E-state index contributed by atoms with van der Waals surface area (Å²) in [6.07, 6.45) is 3.66. The Morgan fingerprint density at radius 1 is 1.45 bits per heavy atom. The maximum absolute atomic E-state index is 6.29. The van der Waals surface area contributed by atoms with Crippen LogP contribution in [0.2, 0.25) is 10.0 Å². The Labute approximate surface area is 130 Å². The van der Waals surface area contributed by atoms with Crippen molar-refractivity contribution in [2.24, 2.45) is 5.73 Å². The predicted octanol–water partition coefficient (Wildman–Crippen LogP) is 3.83. The van der Waals surface area contributed by atoms with Crippen LogP contribution in [0, 0.1) is 0 Å². The lowest BCUT2D eigenvalue weighted by molar-refractivity contribution is 0.00706. The summed E-state index contributed by atoms with van der Waals surface area (Å²) in [6.45, 7) is 3.48. The van der Waals surface area contributed by atoms with Gasteiger partial charge in [0.1, 0.15) is 11.9 Å². The van der Waals surface area contributed by atoms with Crippen molar-refractivity contribution >= 4 is 23.2 Å². The van der Waals surface area contributed by atoms with E-state index in [4.69, 9.17) is 38.4 Å². The molecule has 0 radical (unpaired) electrons. The van der Waals surface area contributed by atoms with E-state index in [9.17, 15) is 0 Å². The molecule has 1 aromatic rings.